The average Bonchev–Trinajstić information content (AvgIpc) is 2.77. The van der Waals surface area contributed by atoms with Crippen molar-refractivity contribution in [2.24, 2.45) is 0 Å². The van der Waals surface area contributed by atoms with Crippen molar-refractivity contribution >= 4 is 21.7 Å². The first-order valence-corrected chi connectivity index (χ1v) is 12.1. The lowest BCUT2D eigenvalue weighted by atomic mass is 10.0. The molecule has 0 saturated heterocycles. The van der Waals surface area contributed by atoms with E-state index < -0.39 is 20.5 Å². The van der Waals surface area contributed by atoms with E-state index in [4.69, 9.17) is 5.21 Å². The van der Waals surface area contributed by atoms with Gasteiger partial charge in [-0.1, -0.05) is 12.1 Å². The first-order chi connectivity index (χ1) is 15.0. The molecule has 9 nitrogen and oxygen atoms in total. The van der Waals surface area contributed by atoms with Crippen LogP contribution in [0.25, 0.3) is 11.1 Å². The zero-order valence-electron chi connectivity index (χ0n) is 18.7. The molecule has 0 bridgehead atoms. The molecule has 1 aromatic heterocycles. The number of rotatable bonds is 9. The summed E-state index contributed by atoms with van der Waals surface area (Å²) in [6, 6.07) is 10.1. The van der Waals surface area contributed by atoms with Crippen LogP contribution < -0.4 is 11.0 Å². The molecule has 2 amide bonds. The van der Waals surface area contributed by atoms with Crippen LogP contribution in [-0.2, 0) is 21.2 Å². The summed E-state index contributed by atoms with van der Waals surface area (Å²) in [7, 11) is -3.85. The van der Waals surface area contributed by atoms with E-state index in [9.17, 15) is 22.8 Å². The van der Waals surface area contributed by atoms with Crippen molar-refractivity contribution in [2.45, 2.75) is 38.5 Å². The van der Waals surface area contributed by atoms with E-state index in [0.717, 1.165) is 11.8 Å². The minimum atomic E-state index is -3.85. The Morgan fingerprint density at radius 1 is 1.09 bits per heavy atom. The topological polar surface area (TPSA) is 126 Å². The fourth-order valence-corrected chi connectivity index (χ4v) is 4.13. The summed E-state index contributed by atoms with van der Waals surface area (Å²) in [5.41, 5.74) is 2.98. The second-order valence-electron chi connectivity index (χ2n) is 7.70. The number of hydrogen-bond donors (Lipinski definition) is 2. The number of benzene rings is 1. The largest absolute Gasteiger partial charge is 0.339 e. The number of sulfone groups is 1. The molecule has 2 rings (SSSR count). The molecule has 0 aliphatic heterocycles. The zero-order chi connectivity index (χ0) is 24.1. The minimum absolute atomic E-state index is 0.0343. The molecule has 0 aliphatic rings. The molecular weight excluding hydrogens is 434 g/mol. The Balaban J connectivity index is 2.23. The summed E-state index contributed by atoms with van der Waals surface area (Å²) in [5, 5.41) is 8.90. The molecule has 0 spiro atoms. The van der Waals surface area contributed by atoms with Gasteiger partial charge >= 0.3 is 0 Å². The first kappa shape index (κ1) is 25.3. The van der Waals surface area contributed by atoms with Crippen LogP contribution in [0.3, 0.4) is 0 Å². The number of carbonyl (C=O) groups is 2. The molecule has 0 fully saturated rings. The number of aromatic nitrogens is 1. The van der Waals surface area contributed by atoms with Gasteiger partial charge < -0.3 is 9.47 Å². The summed E-state index contributed by atoms with van der Waals surface area (Å²) in [6.45, 7) is 6.24. The Labute approximate surface area is 187 Å². The highest BCUT2D eigenvalue weighted by atomic mass is 32.2. The van der Waals surface area contributed by atoms with E-state index >= 15 is 0 Å². The van der Waals surface area contributed by atoms with Crippen molar-refractivity contribution in [1.82, 2.24) is 14.9 Å². The van der Waals surface area contributed by atoms with Crippen molar-refractivity contribution in [3.8, 4) is 11.1 Å². The molecule has 1 atom stereocenters. The van der Waals surface area contributed by atoms with Crippen molar-refractivity contribution < 1.29 is 23.2 Å². The van der Waals surface area contributed by atoms with Crippen molar-refractivity contribution in [2.75, 3.05) is 19.3 Å². The molecule has 174 valence electrons. The number of hydrogen-bond acceptors (Lipinski definition) is 6. The predicted octanol–water partition coefficient (Wildman–Crippen LogP) is 1.70. The monoisotopic (exact) mass is 463 g/mol. The Morgan fingerprint density at radius 3 is 2.16 bits per heavy atom. The Hall–Kier alpha value is -2.98. The van der Waals surface area contributed by atoms with E-state index in [2.05, 4.69) is 0 Å². The predicted molar refractivity (Wildman–Crippen MR) is 121 cm³/mol. The SMILES string of the molecule is CCN(CC)C(=O)c1ccc(-c2ccn(CCC(C)(C(=O)NO)S(C)(=O)=O)c(=O)c2)cc1. The Morgan fingerprint density at radius 2 is 1.69 bits per heavy atom. The number of pyridine rings is 1. The maximum absolute atomic E-state index is 12.6. The van der Waals surface area contributed by atoms with Crippen LogP contribution in [0.1, 0.15) is 37.6 Å². The second-order valence-corrected chi connectivity index (χ2v) is 10.1. The van der Waals surface area contributed by atoms with Crippen LogP contribution in [0.5, 0.6) is 0 Å². The highest BCUT2D eigenvalue weighted by Gasteiger charge is 2.43. The summed E-state index contributed by atoms with van der Waals surface area (Å²) in [6.07, 6.45) is 2.23. The van der Waals surface area contributed by atoms with E-state index in [1.165, 1.54) is 29.2 Å². The normalized spacial score (nSPS) is 13.3. The lowest BCUT2D eigenvalue weighted by Crippen LogP contribution is -2.49. The summed E-state index contributed by atoms with van der Waals surface area (Å²) >= 11 is 0. The molecule has 0 radical (unpaired) electrons. The number of nitrogens with one attached hydrogen (secondary N) is 1. The van der Waals surface area contributed by atoms with Crippen LogP contribution in [0.2, 0.25) is 0 Å². The standard InChI is InChI=1S/C22H29N3O6S/c1-5-24(6-2)20(27)17-9-7-16(8-10-17)18-11-13-25(19(26)15-18)14-12-22(3,21(28)23-29)32(4,30)31/h7-11,13,15,29H,5-6,12,14H2,1-4H3,(H,23,28). The maximum Gasteiger partial charge on any atom is 0.264 e. The Kier molecular flexibility index (Phi) is 7.97. The molecule has 1 unspecified atom stereocenters. The van der Waals surface area contributed by atoms with E-state index in [-0.39, 0.29) is 24.4 Å². The van der Waals surface area contributed by atoms with E-state index in [1.54, 1.807) is 35.2 Å². The molecular formula is C22H29N3O6S. The third kappa shape index (κ3) is 5.25. The van der Waals surface area contributed by atoms with Gasteiger partial charge in [0.05, 0.1) is 0 Å². The fraction of sp³-hybridized carbons (Fsp3) is 0.409. The van der Waals surface area contributed by atoms with Crippen molar-refractivity contribution in [1.29, 1.82) is 0 Å². The molecule has 1 heterocycles. The van der Waals surface area contributed by atoms with E-state index in [0.29, 0.717) is 24.2 Å². The van der Waals surface area contributed by atoms with Gasteiger partial charge in [0.15, 0.2) is 14.6 Å². The summed E-state index contributed by atoms with van der Waals surface area (Å²) in [5.74, 6) is -1.11. The van der Waals surface area contributed by atoms with Gasteiger partial charge in [-0.25, -0.2) is 13.9 Å². The quantitative estimate of drug-likeness (QED) is 0.431. The number of amides is 2. The van der Waals surface area contributed by atoms with Crippen LogP contribution in [0.15, 0.2) is 47.4 Å². The highest BCUT2D eigenvalue weighted by molar-refractivity contribution is 7.92. The maximum atomic E-state index is 12.6. The number of carbonyl (C=O) groups excluding carboxylic acids is 2. The lowest BCUT2D eigenvalue weighted by molar-refractivity contribution is -0.131. The summed E-state index contributed by atoms with van der Waals surface area (Å²) in [4.78, 5) is 38.6. The summed E-state index contributed by atoms with van der Waals surface area (Å²) < 4.78 is 23.6. The van der Waals surface area contributed by atoms with Gasteiger partial charge in [0, 0.05) is 43.7 Å². The fourth-order valence-electron chi connectivity index (χ4n) is 3.29. The molecule has 2 aromatic rings. The van der Waals surface area contributed by atoms with Gasteiger partial charge in [-0.15, -0.1) is 0 Å². The molecule has 1 aromatic carbocycles. The van der Waals surface area contributed by atoms with Gasteiger partial charge in [-0.2, -0.15) is 0 Å². The highest BCUT2D eigenvalue weighted by Crippen LogP contribution is 2.23. The number of hydroxylamine groups is 1. The first-order valence-electron chi connectivity index (χ1n) is 10.2. The van der Waals surface area contributed by atoms with Crippen LogP contribution in [0.4, 0.5) is 0 Å². The van der Waals surface area contributed by atoms with Crippen molar-refractivity contribution in [3.63, 3.8) is 0 Å². The van der Waals surface area contributed by atoms with Gasteiger partial charge in [-0.3, -0.25) is 19.6 Å². The van der Waals surface area contributed by atoms with Crippen LogP contribution in [-0.4, -0.2) is 59.0 Å². The Bertz CT molecular complexity index is 1140. The molecule has 32 heavy (non-hydrogen) atoms. The minimum Gasteiger partial charge on any atom is -0.339 e. The third-order valence-electron chi connectivity index (χ3n) is 5.74. The molecule has 10 heteroatoms. The van der Waals surface area contributed by atoms with Crippen molar-refractivity contribution in [3.05, 3.63) is 58.5 Å². The third-order valence-corrected chi connectivity index (χ3v) is 7.77. The van der Waals surface area contributed by atoms with Gasteiger partial charge in [0.25, 0.3) is 17.4 Å². The second kappa shape index (κ2) is 10.1. The number of nitrogens with zero attached hydrogens (tertiary/aromatic N) is 2. The van der Waals surface area contributed by atoms with Crippen LogP contribution >= 0.6 is 0 Å². The van der Waals surface area contributed by atoms with Gasteiger partial charge in [-0.05, 0) is 56.5 Å². The molecule has 0 saturated carbocycles. The van der Waals surface area contributed by atoms with Gasteiger partial charge in [0.2, 0.25) is 0 Å². The van der Waals surface area contributed by atoms with E-state index in [1.807, 2.05) is 13.8 Å². The zero-order valence-corrected chi connectivity index (χ0v) is 19.5. The number of aryl methyl sites for hydroxylation is 1. The van der Waals surface area contributed by atoms with Crippen LogP contribution in [0, 0.1) is 0 Å². The molecule has 2 N–H and O–H groups in total. The van der Waals surface area contributed by atoms with Gasteiger partial charge in [0.1, 0.15) is 0 Å². The lowest BCUT2D eigenvalue weighted by Gasteiger charge is -2.25. The smallest absolute Gasteiger partial charge is 0.264 e. The molecule has 0 aliphatic carbocycles. The average molecular weight is 464 g/mol.